The molecule has 0 radical (unpaired) electrons. The Morgan fingerprint density at radius 1 is 0.438 bits per heavy atom. The standard InChI is InChI=1S/C58H109NO5/c1-3-5-7-9-11-13-15-17-18-19-20-23-27-30-34-38-42-46-50-56(61)55(54-60)59-57(62)51-47-43-39-35-31-28-24-21-22-25-29-33-37-41-45-49-53-64-58(63)52-48-44-40-36-32-26-16-14-12-10-8-6-4-2/h8,10,14,16,46,50,55-56,60-61H,3-7,9,11-13,15,17-45,47-49,51-54H2,1-2H3,(H,59,62)/b10-8-,16-14-,50-46+. The van der Waals surface area contributed by atoms with Gasteiger partial charge in [0.05, 0.1) is 25.4 Å². The third-order valence-electron chi connectivity index (χ3n) is 12.9. The summed E-state index contributed by atoms with van der Waals surface area (Å²) < 4.78 is 5.46. The van der Waals surface area contributed by atoms with Crippen molar-refractivity contribution >= 4 is 11.9 Å². The number of aliphatic hydroxyl groups excluding tert-OH is 2. The molecule has 2 atom stereocenters. The van der Waals surface area contributed by atoms with Gasteiger partial charge >= 0.3 is 5.97 Å². The number of allylic oxidation sites excluding steroid dienone is 5. The second kappa shape index (κ2) is 53.7. The summed E-state index contributed by atoms with van der Waals surface area (Å²) in [5.41, 5.74) is 0. The lowest BCUT2D eigenvalue weighted by atomic mass is 10.0. The Hall–Kier alpha value is -1.92. The van der Waals surface area contributed by atoms with Crippen molar-refractivity contribution in [1.82, 2.24) is 5.32 Å². The Morgan fingerprint density at radius 2 is 0.812 bits per heavy atom. The molecule has 376 valence electrons. The topological polar surface area (TPSA) is 95.9 Å². The van der Waals surface area contributed by atoms with E-state index in [-0.39, 0.29) is 18.5 Å². The summed E-state index contributed by atoms with van der Waals surface area (Å²) >= 11 is 0. The predicted molar refractivity (Wildman–Crippen MR) is 278 cm³/mol. The van der Waals surface area contributed by atoms with Crippen molar-refractivity contribution in [2.24, 2.45) is 0 Å². The van der Waals surface area contributed by atoms with Crippen molar-refractivity contribution in [3.63, 3.8) is 0 Å². The van der Waals surface area contributed by atoms with Crippen LogP contribution in [0, 0.1) is 0 Å². The van der Waals surface area contributed by atoms with Crippen molar-refractivity contribution in [1.29, 1.82) is 0 Å². The van der Waals surface area contributed by atoms with E-state index < -0.39 is 12.1 Å². The van der Waals surface area contributed by atoms with E-state index in [1.807, 2.05) is 6.08 Å². The van der Waals surface area contributed by atoms with Gasteiger partial charge in [-0.15, -0.1) is 0 Å². The van der Waals surface area contributed by atoms with E-state index in [0.717, 1.165) is 57.8 Å². The molecule has 1 amide bonds. The number of esters is 1. The van der Waals surface area contributed by atoms with Gasteiger partial charge in [0.2, 0.25) is 5.91 Å². The van der Waals surface area contributed by atoms with Gasteiger partial charge < -0.3 is 20.3 Å². The van der Waals surface area contributed by atoms with E-state index >= 15 is 0 Å². The van der Waals surface area contributed by atoms with E-state index in [1.54, 1.807) is 6.08 Å². The Bertz CT molecular complexity index is 1040. The summed E-state index contributed by atoms with van der Waals surface area (Å²) in [7, 11) is 0. The van der Waals surface area contributed by atoms with Crippen LogP contribution in [0.5, 0.6) is 0 Å². The highest BCUT2D eigenvalue weighted by atomic mass is 16.5. The number of nitrogens with one attached hydrogen (secondary N) is 1. The zero-order valence-corrected chi connectivity index (χ0v) is 42.8. The molecular formula is C58H109NO5. The number of ether oxygens (including phenoxy) is 1. The smallest absolute Gasteiger partial charge is 0.305 e. The van der Waals surface area contributed by atoms with Gasteiger partial charge in [0.1, 0.15) is 0 Å². The monoisotopic (exact) mass is 900 g/mol. The maximum Gasteiger partial charge on any atom is 0.305 e. The first kappa shape index (κ1) is 62.1. The Morgan fingerprint density at radius 3 is 1.25 bits per heavy atom. The van der Waals surface area contributed by atoms with Gasteiger partial charge in [0, 0.05) is 12.8 Å². The van der Waals surface area contributed by atoms with E-state index in [9.17, 15) is 19.8 Å². The predicted octanol–water partition coefficient (Wildman–Crippen LogP) is 17.2. The van der Waals surface area contributed by atoms with Gasteiger partial charge in [-0.2, -0.15) is 0 Å². The number of rotatable bonds is 52. The summed E-state index contributed by atoms with van der Waals surface area (Å²) in [6.07, 6.45) is 65.8. The number of hydrogen-bond donors (Lipinski definition) is 3. The molecule has 0 aromatic heterocycles. The van der Waals surface area contributed by atoms with Crippen molar-refractivity contribution < 1.29 is 24.5 Å². The van der Waals surface area contributed by atoms with Crippen LogP contribution in [0.1, 0.15) is 296 Å². The lowest BCUT2D eigenvalue weighted by molar-refractivity contribution is -0.143. The molecule has 0 heterocycles. The zero-order chi connectivity index (χ0) is 46.5. The minimum absolute atomic E-state index is 0.0133. The quantitative estimate of drug-likeness (QED) is 0.0321. The van der Waals surface area contributed by atoms with E-state index in [2.05, 4.69) is 43.5 Å². The molecule has 2 unspecified atom stereocenters. The molecule has 0 fully saturated rings. The fraction of sp³-hybridized carbons (Fsp3) is 0.862. The van der Waals surface area contributed by atoms with Crippen LogP contribution in [0.2, 0.25) is 0 Å². The van der Waals surface area contributed by atoms with Gasteiger partial charge in [0.15, 0.2) is 0 Å². The van der Waals surface area contributed by atoms with Gasteiger partial charge in [-0.05, 0) is 57.8 Å². The molecule has 6 heteroatoms. The van der Waals surface area contributed by atoms with E-state index in [4.69, 9.17) is 4.74 Å². The molecule has 0 aliphatic carbocycles. The third-order valence-corrected chi connectivity index (χ3v) is 12.9. The van der Waals surface area contributed by atoms with Crippen molar-refractivity contribution in [3.8, 4) is 0 Å². The minimum Gasteiger partial charge on any atom is -0.466 e. The summed E-state index contributed by atoms with van der Waals surface area (Å²) in [5, 5.41) is 23.1. The van der Waals surface area contributed by atoms with Crippen molar-refractivity contribution in [2.75, 3.05) is 13.2 Å². The lowest BCUT2D eigenvalue weighted by Gasteiger charge is -2.20. The minimum atomic E-state index is -0.850. The number of amides is 1. The molecular weight excluding hydrogens is 791 g/mol. The molecule has 0 saturated carbocycles. The van der Waals surface area contributed by atoms with Gasteiger partial charge in [-0.3, -0.25) is 9.59 Å². The molecule has 3 N–H and O–H groups in total. The first-order valence-corrected chi connectivity index (χ1v) is 28.3. The number of unbranched alkanes of at least 4 members (excludes halogenated alkanes) is 37. The summed E-state index contributed by atoms with van der Waals surface area (Å²) in [6.45, 7) is 4.83. The van der Waals surface area contributed by atoms with Crippen LogP contribution in [0.4, 0.5) is 0 Å². The Kier molecular flexibility index (Phi) is 52.1. The number of carbonyl (C=O) groups excluding carboxylic acids is 2. The first-order chi connectivity index (χ1) is 31.5. The zero-order valence-electron chi connectivity index (χ0n) is 42.8. The summed E-state index contributed by atoms with van der Waals surface area (Å²) in [5.74, 6) is -0.0873. The summed E-state index contributed by atoms with van der Waals surface area (Å²) in [6, 6.07) is -0.634. The van der Waals surface area contributed by atoms with Crippen molar-refractivity contribution in [3.05, 3.63) is 36.5 Å². The molecule has 0 aromatic carbocycles. The maximum absolute atomic E-state index is 12.5. The molecule has 0 saturated heterocycles. The van der Waals surface area contributed by atoms with Gasteiger partial charge in [0.25, 0.3) is 0 Å². The lowest BCUT2D eigenvalue weighted by Crippen LogP contribution is -2.45. The van der Waals surface area contributed by atoms with Crippen molar-refractivity contribution in [2.45, 2.75) is 309 Å². The average molecular weight is 901 g/mol. The number of hydrogen-bond acceptors (Lipinski definition) is 5. The molecule has 6 nitrogen and oxygen atoms in total. The van der Waals surface area contributed by atoms with Crippen LogP contribution in [-0.2, 0) is 14.3 Å². The van der Waals surface area contributed by atoms with E-state index in [0.29, 0.717) is 19.4 Å². The normalized spacial score (nSPS) is 12.9. The fourth-order valence-electron chi connectivity index (χ4n) is 8.55. The number of carbonyl (C=O) groups is 2. The second-order valence-corrected chi connectivity index (χ2v) is 19.3. The van der Waals surface area contributed by atoms with Crippen LogP contribution in [0.3, 0.4) is 0 Å². The molecule has 0 aromatic rings. The van der Waals surface area contributed by atoms with Crippen LogP contribution < -0.4 is 5.32 Å². The number of aliphatic hydroxyl groups is 2. The van der Waals surface area contributed by atoms with Crippen LogP contribution in [0.15, 0.2) is 36.5 Å². The highest BCUT2D eigenvalue weighted by molar-refractivity contribution is 5.76. The highest BCUT2D eigenvalue weighted by Gasteiger charge is 2.18. The SMILES string of the molecule is CCC/C=C\C/C=C\CCCCCCCC(=O)OCCCCCCCCCCCCCCCCCCC(=O)NC(CO)C(O)/C=C/CCCCCCCCCCCCCCCCCC. The Balaban J connectivity index is 3.47. The molecule has 0 rings (SSSR count). The largest absolute Gasteiger partial charge is 0.466 e. The van der Waals surface area contributed by atoms with Gasteiger partial charge in [-0.25, -0.2) is 0 Å². The molecule has 0 bridgehead atoms. The van der Waals surface area contributed by atoms with Crippen LogP contribution in [-0.4, -0.2) is 47.4 Å². The van der Waals surface area contributed by atoms with Crippen LogP contribution in [0.25, 0.3) is 0 Å². The molecule has 0 aliphatic heterocycles. The third kappa shape index (κ3) is 49.5. The van der Waals surface area contributed by atoms with Gasteiger partial charge in [-0.1, -0.05) is 262 Å². The van der Waals surface area contributed by atoms with E-state index in [1.165, 1.54) is 212 Å². The second-order valence-electron chi connectivity index (χ2n) is 19.3. The Labute approximate surface area is 398 Å². The molecule has 0 spiro atoms. The summed E-state index contributed by atoms with van der Waals surface area (Å²) in [4.78, 5) is 24.5. The molecule has 0 aliphatic rings. The fourth-order valence-corrected chi connectivity index (χ4v) is 8.55. The molecule has 64 heavy (non-hydrogen) atoms. The maximum atomic E-state index is 12.5. The average Bonchev–Trinajstić information content (AvgIpc) is 3.29. The highest BCUT2D eigenvalue weighted by Crippen LogP contribution is 2.17. The first-order valence-electron chi connectivity index (χ1n) is 28.3. The van der Waals surface area contributed by atoms with Crippen LogP contribution >= 0.6 is 0 Å².